The van der Waals surface area contributed by atoms with Crippen LogP contribution in [-0.4, -0.2) is 32.8 Å². The average Bonchev–Trinajstić information content (AvgIpc) is 2.27. The van der Waals surface area contributed by atoms with Gasteiger partial charge < -0.3 is 15.4 Å². The van der Waals surface area contributed by atoms with Gasteiger partial charge in [0.05, 0.1) is 6.61 Å². The normalized spacial score (nSPS) is 12.5. The lowest BCUT2D eigenvalue weighted by atomic mass is 10.1. The van der Waals surface area contributed by atoms with Crippen LogP contribution < -0.4 is 10.6 Å². The molecule has 1 rings (SSSR count). The summed E-state index contributed by atoms with van der Waals surface area (Å²) >= 11 is 0. The van der Waals surface area contributed by atoms with E-state index in [0.717, 1.165) is 13.1 Å². The Labute approximate surface area is 98.2 Å². The van der Waals surface area contributed by atoms with E-state index >= 15 is 0 Å². The van der Waals surface area contributed by atoms with Crippen molar-refractivity contribution < 1.29 is 4.74 Å². The van der Waals surface area contributed by atoms with Crippen LogP contribution in [0.2, 0.25) is 0 Å². The molecule has 0 amide bonds. The summed E-state index contributed by atoms with van der Waals surface area (Å²) in [4.78, 5) is 2.29. The number of anilines is 1. The van der Waals surface area contributed by atoms with E-state index in [1.807, 2.05) is 0 Å². The monoisotopic (exact) mass is 222 g/mol. The molecule has 0 aliphatic carbocycles. The van der Waals surface area contributed by atoms with E-state index in [4.69, 9.17) is 10.5 Å². The highest BCUT2D eigenvalue weighted by molar-refractivity contribution is 5.52. The molecule has 16 heavy (non-hydrogen) atoms. The first-order chi connectivity index (χ1) is 7.69. The van der Waals surface area contributed by atoms with Gasteiger partial charge in [0.1, 0.15) is 0 Å². The topological polar surface area (TPSA) is 38.5 Å². The van der Waals surface area contributed by atoms with Crippen LogP contribution in [0, 0.1) is 6.92 Å². The fourth-order valence-corrected chi connectivity index (χ4v) is 1.87. The number of para-hydroxylation sites is 1. The van der Waals surface area contributed by atoms with Gasteiger partial charge in [0.2, 0.25) is 0 Å². The molecule has 3 heteroatoms. The third-order valence-corrected chi connectivity index (χ3v) is 2.67. The molecule has 2 N–H and O–H groups in total. The van der Waals surface area contributed by atoms with Gasteiger partial charge in [-0.25, -0.2) is 0 Å². The summed E-state index contributed by atoms with van der Waals surface area (Å²) in [5.41, 5.74) is 8.53. The zero-order chi connectivity index (χ0) is 12.0. The Morgan fingerprint density at radius 1 is 1.38 bits per heavy atom. The van der Waals surface area contributed by atoms with Gasteiger partial charge in [-0.05, 0) is 25.5 Å². The molecule has 90 valence electrons. The number of likely N-dealkylation sites (N-methyl/N-ethyl adjacent to an activating group) is 1. The Balaban J connectivity index is 2.71. The molecule has 0 aliphatic heterocycles. The summed E-state index contributed by atoms with van der Waals surface area (Å²) in [7, 11) is 1.68. The number of nitrogens with zero attached hydrogens (tertiary/aromatic N) is 1. The van der Waals surface area contributed by atoms with E-state index in [1.54, 1.807) is 7.11 Å². The molecule has 1 atom stereocenters. The molecular formula is C13H22N2O. The van der Waals surface area contributed by atoms with Crippen molar-refractivity contribution in [2.45, 2.75) is 19.9 Å². The van der Waals surface area contributed by atoms with Crippen LogP contribution in [0.3, 0.4) is 0 Å². The van der Waals surface area contributed by atoms with Gasteiger partial charge in [-0.1, -0.05) is 18.2 Å². The number of hydrogen-bond donors (Lipinski definition) is 1. The zero-order valence-corrected chi connectivity index (χ0v) is 10.4. The van der Waals surface area contributed by atoms with Gasteiger partial charge in [-0.3, -0.25) is 0 Å². The largest absolute Gasteiger partial charge is 0.383 e. The van der Waals surface area contributed by atoms with Gasteiger partial charge in [0, 0.05) is 31.9 Å². The number of methoxy groups -OCH3 is 1. The summed E-state index contributed by atoms with van der Waals surface area (Å²) in [6, 6.07) is 8.44. The van der Waals surface area contributed by atoms with E-state index < -0.39 is 0 Å². The molecular weight excluding hydrogens is 200 g/mol. The summed E-state index contributed by atoms with van der Waals surface area (Å²) in [6.07, 6.45) is 0. The minimum absolute atomic E-state index is 0.0598. The summed E-state index contributed by atoms with van der Waals surface area (Å²) in [5.74, 6) is 0. The summed E-state index contributed by atoms with van der Waals surface area (Å²) < 4.78 is 5.06. The predicted molar refractivity (Wildman–Crippen MR) is 68.9 cm³/mol. The smallest absolute Gasteiger partial charge is 0.0631 e. The lowest BCUT2D eigenvalue weighted by Crippen LogP contribution is -2.40. The first-order valence-electron chi connectivity index (χ1n) is 5.74. The van der Waals surface area contributed by atoms with E-state index in [1.165, 1.54) is 11.3 Å². The van der Waals surface area contributed by atoms with Crippen molar-refractivity contribution in [1.82, 2.24) is 0 Å². The molecule has 0 heterocycles. The molecule has 0 radical (unpaired) electrons. The van der Waals surface area contributed by atoms with E-state index in [9.17, 15) is 0 Å². The molecule has 0 saturated carbocycles. The summed E-state index contributed by atoms with van der Waals surface area (Å²) in [5, 5.41) is 0. The third-order valence-electron chi connectivity index (χ3n) is 2.67. The molecule has 0 spiro atoms. The van der Waals surface area contributed by atoms with Gasteiger partial charge in [-0.15, -0.1) is 0 Å². The number of hydrogen-bond acceptors (Lipinski definition) is 3. The van der Waals surface area contributed by atoms with Crippen LogP contribution in [0.1, 0.15) is 12.5 Å². The molecule has 3 nitrogen and oxygen atoms in total. The maximum Gasteiger partial charge on any atom is 0.0631 e. The lowest BCUT2D eigenvalue weighted by Gasteiger charge is -2.27. The highest BCUT2D eigenvalue weighted by Gasteiger charge is 2.11. The second kappa shape index (κ2) is 6.51. The lowest BCUT2D eigenvalue weighted by molar-refractivity contribution is 0.181. The van der Waals surface area contributed by atoms with E-state index in [0.29, 0.717) is 6.61 Å². The van der Waals surface area contributed by atoms with Gasteiger partial charge in [0.25, 0.3) is 0 Å². The fraction of sp³-hybridized carbons (Fsp3) is 0.538. The highest BCUT2D eigenvalue weighted by Crippen LogP contribution is 2.18. The minimum atomic E-state index is 0.0598. The van der Waals surface area contributed by atoms with Crippen molar-refractivity contribution >= 4 is 5.69 Å². The van der Waals surface area contributed by atoms with E-state index in [2.05, 4.69) is 43.0 Å². The van der Waals surface area contributed by atoms with Crippen molar-refractivity contribution in [3.63, 3.8) is 0 Å². The average molecular weight is 222 g/mol. The molecule has 0 aliphatic rings. The zero-order valence-electron chi connectivity index (χ0n) is 10.4. The number of nitrogens with two attached hydrogens (primary N) is 1. The molecule has 0 fully saturated rings. The standard InChI is InChI=1S/C13H22N2O/c1-4-15(9-12(14)10-16-3)13-8-6-5-7-11(13)2/h5-8,12H,4,9-10,14H2,1-3H3. The van der Waals surface area contributed by atoms with Crippen LogP contribution in [-0.2, 0) is 4.74 Å². The quantitative estimate of drug-likeness (QED) is 0.797. The Morgan fingerprint density at radius 3 is 2.62 bits per heavy atom. The number of aryl methyl sites for hydroxylation is 1. The first-order valence-corrected chi connectivity index (χ1v) is 5.74. The molecule has 1 unspecified atom stereocenters. The minimum Gasteiger partial charge on any atom is -0.383 e. The van der Waals surface area contributed by atoms with Crippen molar-refractivity contribution in [3.8, 4) is 0 Å². The van der Waals surface area contributed by atoms with Gasteiger partial charge in [0.15, 0.2) is 0 Å². The Bertz CT molecular complexity index is 315. The van der Waals surface area contributed by atoms with Crippen LogP contribution in [0.15, 0.2) is 24.3 Å². The second-order valence-corrected chi connectivity index (χ2v) is 4.04. The first kappa shape index (κ1) is 13.0. The van der Waals surface area contributed by atoms with Gasteiger partial charge >= 0.3 is 0 Å². The van der Waals surface area contributed by atoms with Crippen molar-refractivity contribution in [1.29, 1.82) is 0 Å². The van der Waals surface area contributed by atoms with Gasteiger partial charge in [-0.2, -0.15) is 0 Å². The van der Waals surface area contributed by atoms with Crippen LogP contribution >= 0.6 is 0 Å². The SMILES string of the molecule is CCN(CC(N)COC)c1ccccc1C. The number of rotatable bonds is 6. The molecule has 0 aromatic heterocycles. The third kappa shape index (κ3) is 3.51. The Hall–Kier alpha value is -1.06. The van der Waals surface area contributed by atoms with Crippen LogP contribution in [0.4, 0.5) is 5.69 Å². The molecule has 1 aromatic rings. The Morgan fingerprint density at radius 2 is 2.06 bits per heavy atom. The highest BCUT2D eigenvalue weighted by atomic mass is 16.5. The Kier molecular flexibility index (Phi) is 5.29. The van der Waals surface area contributed by atoms with Crippen LogP contribution in [0.5, 0.6) is 0 Å². The molecule has 1 aromatic carbocycles. The number of ether oxygens (including phenoxy) is 1. The predicted octanol–water partition coefficient (Wildman–Crippen LogP) is 1.80. The van der Waals surface area contributed by atoms with Crippen LogP contribution in [0.25, 0.3) is 0 Å². The number of benzene rings is 1. The maximum atomic E-state index is 5.98. The maximum absolute atomic E-state index is 5.98. The fourth-order valence-electron chi connectivity index (χ4n) is 1.87. The van der Waals surface area contributed by atoms with Crippen molar-refractivity contribution in [2.75, 3.05) is 31.7 Å². The summed E-state index contributed by atoms with van der Waals surface area (Å²) in [6.45, 7) is 6.66. The molecule has 0 bridgehead atoms. The molecule has 0 saturated heterocycles. The second-order valence-electron chi connectivity index (χ2n) is 4.04. The van der Waals surface area contributed by atoms with E-state index in [-0.39, 0.29) is 6.04 Å². The van der Waals surface area contributed by atoms with Crippen molar-refractivity contribution in [2.24, 2.45) is 5.73 Å². The van der Waals surface area contributed by atoms with Crippen molar-refractivity contribution in [3.05, 3.63) is 29.8 Å².